The van der Waals surface area contributed by atoms with E-state index in [-0.39, 0.29) is 12.5 Å². The van der Waals surface area contributed by atoms with E-state index in [4.69, 9.17) is 0 Å². The average Bonchev–Trinajstić information content (AvgIpc) is 2.70. The Bertz CT molecular complexity index is 298. The molecule has 6 nitrogen and oxygen atoms in total. The van der Waals surface area contributed by atoms with Crippen molar-refractivity contribution in [2.24, 2.45) is 5.92 Å². The number of nitrogens with one attached hydrogen (secondary N) is 2. The molecule has 0 aliphatic carbocycles. The number of carbonyl (C=O) groups excluding carboxylic acids is 1. The molecule has 1 rings (SSSR count). The van der Waals surface area contributed by atoms with Crippen molar-refractivity contribution >= 4 is 5.91 Å². The number of nitrogens with zero attached hydrogens (tertiary/aromatic N) is 2. The molecule has 0 spiro atoms. The summed E-state index contributed by atoms with van der Waals surface area (Å²) in [6.45, 7) is 5.68. The van der Waals surface area contributed by atoms with Crippen molar-refractivity contribution in [2.75, 3.05) is 13.1 Å². The molecule has 0 saturated carbocycles. The minimum Gasteiger partial charge on any atom is -0.355 e. The van der Waals surface area contributed by atoms with Gasteiger partial charge in [-0.15, -0.1) is 0 Å². The zero-order valence-electron chi connectivity index (χ0n) is 9.69. The Morgan fingerprint density at radius 3 is 3.00 bits per heavy atom. The summed E-state index contributed by atoms with van der Waals surface area (Å²) in [5, 5.41) is 9.38. The first-order valence-corrected chi connectivity index (χ1v) is 5.41. The third-order valence-corrected chi connectivity index (χ3v) is 2.02. The van der Waals surface area contributed by atoms with E-state index in [1.807, 2.05) is 0 Å². The van der Waals surface area contributed by atoms with Crippen molar-refractivity contribution < 1.29 is 9.32 Å². The minimum atomic E-state index is -0.0101. The summed E-state index contributed by atoms with van der Waals surface area (Å²) < 4.78 is 4.56. The van der Waals surface area contributed by atoms with Gasteiger partial charge in [-0.05, 0) is 12.3 Å². The summed E-state index contributed by atoms with van der Waals surface area (Å²) >= 11 is 0. The summed E-state index contributed by atoms with van der Waals surface area (Å²) in [6.07, 6.45) is 2.26. The van der Waals surface area contributed by atoms with Gasteiger partial charge < -0.3 is 15.2 Å². The Morgan fingerprint density at radius 2 is 2.38 bits per heavy atom. The van der Waals surface area contributed by atoms with Gasteiger partial charge in [0.2, 0.25) is 12.3 Å². The van der Waals surface area contributed by atoms with Crippen LogP contribution in [0.1, 0.15) is 26.1 Å². The molecule has 2 N–H and O–H groups in total. The topological polar surface area (TPSA) is 80.0 Å². The van der Waals surface area contributed by atoms with E-state index in [0.29, 0.717) is 18.3 Å². The van der Waals surface area contributed by atoms with Crippen LogP contribution in [0.4, 0.5) is 0 Å². The third-order valence-electron chi connectivity index (χ3n) is 2.02. The second-order valence-electron chi connectivity index (χ2n) is 3.98. The van der Waals surface area contributed by atoms with Crippen molar-refractivity contribution in [1.29, 1.82) is 0 Å². The Morgan fingerprint density at radius 1 is 1.56 bits per heavy atom. The first kappa shape index (κ1) is 12.6. The van der Waals surface area contributed by atoms with Gasteiger partial charge in [0.25, 0.3) is 0 Å². The van der Waals surface area contributed by atoms with Crippen molar-refractivity contribution in [3.05, 3.63) is 12.2 Å². The highest BCUT2D eigenvalue weighted by molar-refractivity contribution is 5.77. The first-order valence-electron chi connectivity index (χ1n) is 5.41. The van der Waals surface area contributed by atoms with Gasteiger partial charge in [-0.2, -0.15) is 4.98 Å². The van der Waals surface area contributed by atoms with Crippen molar-refractivity contribution in [3.8, 4) is 0 Å². The Balaban J connectivity index is 2.02. The lowest BCUT2D eigenvalue weighted by molar-refractivity contribution is -0.120. The Labute approximate surface area is 94.8 Å². The van der Waals surface area contributed by atoms with E-state index in [1.165, 1.54) is 6.39 Å². The number of amides is 1. The van der Waals surface area contributed by atoms with Crippen LogP contribution in [0.15, 0.2) is 10.9 Å². The lowest BCUT2D eigenvalue weighted by atomic mass is 10.1. The monoisotopic (exact) mass is 226 g/mol. The van der Waals surface area contributed by atoms with E-state index >= 15 is 0 Å². The molecular formula is C10H18N4O2. The quantitative estimate of drug-likeness (QED) is 0.700. The van der Waals surface area contributed by atoms with E-state index in [9.17, 15) is 4.79 Å². The van der Waals surface area contributed by atoms with E-state index in [2.05, 4.69) is 39.1 Å². The third kappa shape index (κ3) is 5.45. The molecule has 6 heteroatoms. The van der Waals surface area contributed by atoms with Gasteiger partial charge in [0.15, 0.2) is 5.82 Å². The van der Waals surface area contributed by atoms with Crippen molar-refractivity contribution in [1.82, 2.24) is 20.8 Å². The highest BCUT2D eigenvalue weighted by Gasteiger charge is 2.02. The molecule has 1 heterocycles. The van der Waals surface area contributed by atoms with Crippen molar-refractivity contribution in [3.63, 3.8) is 0 Å². The van der Waals surface area contributed by atoms with Crippen LogP contribution in [0.5, 0.6) is 0 Å². The van der Waals surface area contributed by atoms with Crippen LogP contribution in [-0.4, -0.2) is 29.1 Å². The van der Waals surface area contributed by atoms with E-state index in [0.717, 1.165) is 13.0 Å². The molecule has 1 aromatic rings. The minimum absolute atomic E-state index is 0.0101. The SMILES string of the molecule is CC(C)CCNC(=O)CNCc1ncon1. The summed E-state index contributed by atoms with van der Waals surface area (Å²) in [6, 6.07) is 0. The van der Waals surface area contributed by atoms with Crippen molar-refractivity contribution in [2.45, 2.75) is 26.8 Å². The van der Waals surface area contributed by atoms with Gasteiger partial charge in [0, 0.05) is 6.54 Å². The maximum atomic E-state index is 11.3. The number of carbonyl (C=O) groups is 1. The molecule has 1 aromatic heterocycles. The molecule has 16 heavy (non-hydrogen) atoms. The average molecular weight is 226 g/mol. The zero-order valence-corrected chi connectivity index (χ0v) is 9.69. The van der Waals surface area contributed by atoms with Crippen LogP contribution in [0.25, 0.3) is 0 Å². The zero-order chi connectivity index (χ0) is 11.8. The number of rotatable bonds is 7. The molecule has 1 amide bonds. The number of aromatic nitrogens is 2. The van der Waals surface area contributed by atoms with Crippen LogP contribution >= 0.6 is 0 Å². The summed E-state index contributed by atoms with van der Waals surface area (Å²) in [4.78, 5) is 15.1. The number of hydrogen-bond acceptors (Lipinski definition) is 5. The molecule has 0 radical (unpaired) electrons. The van der Waals surface area contributed by atoms with Crippen LogP contribution < -0.4 is 10.6 Å². The first-order chi connectivity index (χ1) is 7.68. The molecule has 0 fully saturated rings. The maximum Gasteiger partial charge on any atom is 0.233 e. The molecule has 0 unspecified atom stereocenters. The molecule has 0 aliphatic heterocycles. The summed E-state index contributed by atoms with van der Waals surface area (Å²) in [7, 11) is 0. The summed E-state index contributed by atoms with van der Waals surface area (Å²) in [5.74, 6) is 1.15. The molecular weight excluding hydrogens is 208 g/mol. The smallest absolute Gasteiger partial charge is 0.233 e. The van der Waals surface area contributed by atoms with Gasteiger partial charge in [0.05, 0.1) is 13.1 Å². The lowest BCUT2D eigenvalue weighted by Gasteiger charge is -2.07. The molecule has 0 aromatic carbocycles. The predicted molar refractivity (Wildman–Crippen MR) is 58.5 cm³/mol. The fraction of sp³-hybridized carbons (Fsp3) is 0.700. The van der Waals surface area contributed by atoms with Gasteiger partial charge >= 0.3 is 0 Å². The highest BCUT2D eigenvalue weighted by Crippen LogP contribution is 1.95. The van der Waals surface area contributed by atoms with E-state index in [1.54, 1.807) is 0 Å². The predicted octanol–water partition coefficient (Wildman–Crippen LogP) is 0.321. The fourth-order valence-electron chi connectivity index (χ4n) is 1.12. The van der Waals surface area contributed by atoms with Crippen LogP contribution in [-0.2, 0) is 11.3 Å². The second kappa shape index (κ2) is 6.95. The van der Waals surface area contributed by atoms with Gasteiger partial charge in [-0.3, -0.25) is 4.79 Å². The molecule has 0 atom stereocenters. The molecule has 0 bridgehead atoms. The Hall–Kier alpha value is -1.43. The maximum absolute atomic E-state index is 11.3. The standard InChI is InChI=1S/C10H18N4O2/c1-8(2)3-4-12-10(15)6-11-5-9-13-7-16-14-9/h7-8,11H,3-6H2,1-2H3,(H,12,15). The second-order valence-corrected chi connectivity index (χ2v) is 3.98. The summed E-state index contributed by atoms with van der Waals surface area (Å²) in [5.41, 5.74) is 0. The lowest BCUT2D eigenvalue weighted by Crippen LogP contribution is -2.34. The van der Waals surface area contributed by atoms with Gasteiger partial charge in [-0.25, -0.2) is 0 Å². The van der Waals surface area contributed by atoms with Crippen LogP contribution in [0, 0.1) is 5.92 Å². The molecule has 90 valence electrons. The molecule has 0 saturated heterocycles. The normalized spacial score (nSPS) is 10.7. The van der Waals surface area contributed by atoms with Crippen LogP contribution in [0.2, 0.25) is 0 Å². The largest absolute Gasteiger partial charge is 0.355 e. The van der Waals surface area contributed by atoms with Gasteiger partial charge in [-0.1, -0.05) is 19.0 Å². The Kier molecular flexibility index (Phi) is 5.49. The van der Waals surface area contributed by atoms with Crippen LogP contribution in [0.3, 0.4) is 0 Å². The number of hydrogen-bond donors (Lipinski definition) is 2. The van der Waals surface area contributed by atoms with Gasteiger partial charge in [0.1, 0.15) is 0 Å². The van der Waals surface area contributed by atoms with E-state index < -0.39 is 0 Å². The molecule has 0 aliphatic rings. The highest BCUT2D eigenvalue weighted by atomic mass is 16.5. The fourth-order valence-corrected chi connectivity index (χ4v) is 1.12.